The van der Waals surface area contributed by atoms with E-state index in [4.69, 9.17) is 37.9 Å². The van der Waals surface area contributed by atoms with Crippen LogP contribution >= 0.6 is 23.2 Å². The highest BCUT2D eigenvalue weighted by Crippen LogP contribution is 2.54. The van der Waals surface area contributed by atoms with Crippen LogP contribution in [0.5, 0.6) is 5.75 Å². The molecule has 10 heteroatoms. The van der Waals surface area contributed by atoms with Gasteiger partial charge in [0.25, 0.3) is 0 Å². The van der Waals surface area contributed by atoms with Gasteiger partial charge in [-0.1, -0.05) is 82.1 Å². The standard InChI is InChI=1S/C43H55Cl2N5O3/c1-9-53-35-26-36(40(2,3)4)46-27-34(35)38-47-42(7,30-11-15-32(44)16-12-30)43(8,31-13-17-33(45)18-14-31)50(38)39(52)48-23-19-29(20-24-48)25-37(51)49-22-10-21-41(5,6)28-49/h11-18,26-27,29H,9-10,19-25,28H2,1-8H3/t42-,43+/m0/s1. The minimum Gasteiger partial charge on any atom is -0.493 e. The number of hydrogen-bond acceptors (Lipinski definition) is 5. The molecule has 6 rings (SSSR count). The first-order valence-corrected chi connectivity index (χ1v) is 19.8. The molecule has 3 aromatic rings. The van der Waals surface area contributed by atoms with Gasteiger partial charge in [0.2, 0.25) is 5.91 Å². The van der Waals surface area contributed by atoms with Crippen LogP contribution in [-0.4, -0.2) is 70.2 Å². The lowest BCUT2D eigenvalue weighted by Crippen LogP contribution is -2.59. The Balaban J connectivity index is 1.41. The molecule has 0 unspecified atom stereocenters. The molecule has 3 aliphatic heterocycles. The van der Waals surface area contributed by atoms with Crippen LogP contribution in [0.1, 0.15) is 110 Å². The average molecular weight is 761 g/mol. The van der Waals surface area contributed by atoms with Crippen molar-refractivity contribution in [3.63, 3.8) is 0 Å². The zero-order chi connectivity index (χ0) is 38.3. The number of carbonyl (C=O) groups is 2. The van der Waals surface area contributed by atoms with E-state index >= 15 is 4.79 Å². The van der Waals surface area contributed by atoms with Crippen molar-refractivity contribution in [1.82, 2.24) is 19.7 Å². The topological polar surface area (TPSA) is 78.3 Å². The number of pyridine rings is 1. The fraction of sp³-hybridized carbons (Fsp3) is 0.535. The van der Waals surface area contributed by atoms with Crippen molar-refractivity contribution in [3.05, 3.63) is 93.2 Å². The number of amides is 3. The largest absolute Gasteiger partial charge is 0.493 e. The van der Waals surface area contributed by atoms with Crippen LogP contribution in [0.4, 0.5) is 4.79 Å². The Kier molecular flexibility index (Phi) is 11.0. The average Bonchev–Trinajstić information content (AvgIpc) is 3.35. The highest BCUT2D eigenvalue weighted by molar-refractivity contribution is 6.30. The zero-order valence-corrected chi connectivity index (χ0v) is 34.2. The van der Waals surface area contributed by atoms with Gasteiger partial charge in [-0.2, -0.15) is 0 Å². The van der Waals surface area contributed by atoms with E-state index in [2.05, 4.69) is 53.4 Å². The fourth-order valence-electron chi connectivity index (χ4n) is 8.34. The number of carbonyl (C=O) groups excluding carboxylic acids is 2. The number of likely N-dealkylation sites (tertiary alicyclic amines) is 2. The number of urea groups is 1. The summed E-state index contributed by atoms with van der Waals surface area (Å²) < 4.78 is 6.31. The summed E-state index contributed by atoms with van der Waals surface area (Å²) in [5.41, 5.74) is 1.27. The molecule has 2 fully saturated rings. The van der Waals surface area contributed by atoms with Crippen LogP contribution in [0.3, 0.4) is 0 Å². The van der Waals surface area contributed by atoms with Crippen LogP contribution < -0.4 is 4.74 Å². The van der Waals surface area contributed by atoms with E-state index in [-0.39, 0.29) is 28.7 Å². The molecule has 3 amide bonds. The van der Waals surface area contributed by atoms with Crippen molar-refractivity contribution in [2.24, 2.45) is 16.3 Å². The Labute approximate surface area is 325 Å². The zero-order valence-electron chi connectivity index (χ0n) is 32.6. The minimum absolute atomic E-state index is 0.149. The monoisotopic (exact) mass is 759 g/mol. The molecule has 0 N–H and O–H groups in total. The third kappa shape index (κ3) is 7.68. The number of nitrogens with zero attached hydrogens (tertiary/aromatic N) is 5. The molecule has 4 heterocycles. The highest BCUT2D eigenvalue weighted by atomic mass is 35.5. The molecule has 0 bridgehead atoms. The molecular formula is C43H55Cl2N5O3. The third-order valence-electron chi connectivity index (χ3n) is 11.7. The van der Waals surface area contributed by atoms with E-state index in [1.807, 2.05) is 71.3 Å². The van der Waals surface area contributed by atoms with Crippen molar-refractivity contribution in [2.45, 2.75) is 104 Å². The number of halogens is 2. The number of piperidine rings is 2. The Morgan fingerprint density at radius 1 is 0.887 bits per heavy atom. The van der Waals surface area contributed by atoms with Crippen LogP contribution in [0.25, 0.3) is 0 Å². The predicted octanol–water partition coefficient (Wildman–Crippen LogP) is 9.85. The summed E-state index contributed by atoms with van der Waals surface area (Å²) >= 11 is 12.9. The summed E-state index contributed by atoms with van der Waals surface area (Å²) in [7, 11) is 0. The molecule has 0 spiro atoms. The Morgan fingerprint density at radius 3 is 2.06 bits per heavy atom. The molecule has 0 saturated carbocycles. The summed E-state index contributed by atoms with van der Waals surface area (Å²) in [6, 6.07) is 17.2. The van der Waals surface area contributed by atoms with Crippen molar-refractivity contribution in [2.75, 3.05) is 32.8 Å². The molecule has 0 aliphatic carbocycles. The first-order valence-electron chi connectivity index (χ1n) is 19.1. The summed E-state index contributed by atoms with van der Waals surface area (Å²) in [4.78, 5) is 45.1. The number of aromatic nitrogens is 1. The Hall–Kier alpha value is -3.62. The first-order chi connectivity index (χ1) is 25.0. The molecule has 2 atom stereocenters. The second-order valence-corrected chi connectivity index (χ2v) is 18.1. The molecule has 2 aromatic carbocycles. The summed E-state index contributed by atoms with van der Waals surface area (Å²) in [5, 5.41) is 1.22. The van der Waals surface area contributed by atoms with Gasteiger partial charge in [0.15, 0.2) is 0 Å². The van der Waals surface area contributed by atoms with Gasteiger partial charge < -0.3 is 14.5 Å². The van der Waals surface area contributed by atoms with Crippen LogP contribution in [0, 0.1) is 11.3 Å². The van der Waals surface area contributed by atoms with Gasteiger partial charge in [0.1, 0.15) is 22.7 Å². The smallest absolute Gasteiger partial charge is 0.326 e. The Morgan fingerprint density at radius 2 is 1.49 bits per heavy atom. The molecule has 53 heavy (non-hydrogen) atoms. The van der Waals surface area contributed by atoms with E-state index in [1.165, 1.54) is 0 Å². The molecule has 8 nitrogen and oxygen atoms in total. The fourth-order valence-corrected chi connectivity index (χ4v) is 8.59. The SMILES string of the molecule is CCOc1cc(C(C)(C)C)ncc1C1=N[C@@](C)(c2ccc(Cl)cc2)[C@@](C)(c2ccc(Cl)cc2)N1C(=O)N1CCC(CC(=O)N2CCCC(C)(C)C2)CC1. The minimum atomic E-state index is -1.02. The molecule has 2 saturated heterocycles. The van der Waals surface area contributed by atoms with Gasteiger partial charge >= 0.3 is 6.03 Å². The van der Waals surface area contributed by atoms with Gasteiger partial charge in [-0.15, -0.1) is 0 Å². The molecule has 3 aliphatic rings. The number of aliphatic imine (C=N–C) groups is 1. The van der Waals surface area contributed by atoms with Crippen molar-refractivity contribution >= 4 is 41.0 Å². The molecule has 1 aromatic heterocycles. The maximum Gasteiger partial charge on any atom is 0.326 e. The lowest BCUT2D eigenvalue weighted by Gasteiger charge is -2.47. The second-order valence-electron chi connectivity index (χ2n) is 17.2. The van der Waals surface area contributed by atoms with E-state index in [1.54, 1.807) is 6.20 Å². The quantitative estimate of drug-likeness (QED) is 0.240. The van der Waals surface area contributed by atoms with Crippen LogP contribution in [-0.2, 0) is 21.3 Å². The summed E-state index contributed by atoms with van der Waals surface area (Å²) in [6.45, 7) is 20.1. The maximum atomic E-state index is 15.3. The number of hydrogen-bond donors (Lipinski definition) is 0. The molecule has 284 valence electrons. The first kappa shape index (κ1) is 39.1. The van der Waals surface area contributed by atoms with Gasteiger partial charge in [-0.05, 0) is 93.2 Å². The van der Waals surface area contributed by atoms with Gasteiger partial charge in [0.05, 0.1) is 12.2 Å². The predicted molar refractivity (Wildman–Crippen MR) is 214 cm³/mol. The number of benzene rings is 2. The molecule has 0 radical (unpaired) electrons. The van der Waals surface area contributed by atoms with Gasteiger partial charge in [-0.25, -0.2) is 4.79 Å². The highest BCUT2D eigenvalue weighted by Gasteiger charge is 2.60. The Bertz CT molecular complexity index is 1850. The second kappa shape index (κ2) is 14.9. The summed E-state index contributed by atoms with van der Waals surface area (Å²) in [5.74, 6) is 1.58. The summed E-state index contributed by atoms with van der Waals surface area (Å²) in [6.07, 6.45) is 6.04. The van der Waals surface area contributed by atoms with Gasteiger partial charge in [-0.3, -0.25) is 19.7 Å². The van der Waals surface area contributed by atoms with E-state index in [0.717, 1.165) is 55.6 Å². The van der Waals surface area contributed by atoms with Gasteiger partial charge in [0, 0.05) is 66.0 Å². The van der Waals surface area contributed by atoms with E-state index in [0.29, 0.717) is 53.3 Å². The van der Waals surface area contributed by atoms with E-state index in [9.17, 15) is 4.79 Å². The van der Waals surface area contributed by atoms with Crippen LogP contribution in [0.2, 0.25) is 10.0 Å². The van der Waals surface area contributed by atoms with Crippen molar-refractivity contribution in [1.29, 1.82) is 0 Å². The van der Waals surface area contributed by atoms with Crippen LogP contribution in [0.15, 0.2) is 65.8 Å². The lowest BCUT2D eigenvalue weighted by atomic mass is 9.71. The lowest BCUT2D eigenvalue weighted by molar-refractivity contribution is -0.135. The normalized spacial score (nSPS) is 23.6. The van der Waals surface area contributed by atoms with Crippen molar-refractivity contribution in [3.8, 4) is 5.75 Å². The number of amidine groups is 1. The number of ether oxygens (including phenoxy) is 1. The third-order valence-corrected chi connectivity index (χ3v) is 12.2. The van der Waals surface area contributed by atoms with E-state index < -0.39 is 11.1 Å². The number of rotatable bonds is 7. The van der Waals surface area contributed by atoms with Crippen molar-refractivity contribution < 1.29 is 14.3 Å². The molecular weight excluding hydrogens is 705 g/mol. The maximum absolute atomic E-state index is 15.3.